The third kappa shape index (κ3) is 2.77. The number of nitrogens with one attached hydrogen (secondary N) is 1. The molecule has 3 heterocycles. The highest BCUT2D eigenvalue weighted by atomic mass is 16.5. The Bertz CT molecular complexity index is 999. The van der Waals surface area contributed by atoms with Crippen LogP contribution in [0.5, 0.6) is 0 Å². The van der Waals surface area contributed by atoms with Crippen molar-refractivity contribution in [3.8, 4) is 11.1 Å². The lowest BCUT2D eigenvalue weighted by Gasteiger charge is -2.37. The topological polar surface area (TPSA) is 96.3 Å². The van der Waals surface area contributed by atoms with Gasteiger partial charge in [-0.25, -0.2) is 4.98 Å². The molecule has 0 spiro atoms. The fraction of sp³-hybridized carbons (Fsp3) is 0.524. The second-order valence-electron chi connectivity index (χ2n) is 8.23. The highest BCUT2D eigenvalue weighted by molar-refractivity contribution is 5.84. The zero-order valence-electron chi connectivity index (χ0n) is 16.2. The molecule has 7 nitrogen and oxygen atoms in total. The van der Waals surface area contributed by atoms with E-state index in [4.69, 9.17) is 9.51 Å². The average Bonchev–Trinajstić information content (AvgIpc) is 3.31. The molecule has 0 bridgehead atoms. The van der Waals surface area contributed by atoms with Gasteiger partial charge in [-0.3, -0.25) is 5.32 Å². The molecule has 0 amide bonds. The summed E-state index contributed by atoms with van der Waals surface area (Å²) in [7, 11) is 0. The third-order valence-electron chi connectivity index (χ3n) is 6.31. The maximum Gasteiger partial charge on any atom is 0.141 e. The highest BCUT2D eigenvalue weighted by Crippen LogP contribution is 2.42. The summed E-state index contributed by atoms with van der Waals surface area (Å²) in [4.78, 5) is 4.99. The smallest absolute Gasteiger partial charge is 0.141 e. The first-order valence-corrected chi connectivity index (χ1v) is 10.0. The largest absolute Gasteiger partial charge is 0.396 e. The average molecular weight is 382 g/mol. The van der Waals surface area contributed by atoms with Crippen LogP contribution >= 0.6 is 0 Å². The van der Waals surface area contributed by atoms with Crippen molar-refractivity contribution in [1.29, 1.82) is 0 Å². The van der Waals surface area contributed by atoms with Crippen molar-refractivity contribution >= 4 is 11.0 Å². The number of benzene rings is 1. The van der Waals surface area contributed by atoms with Crippen LogP contribution in [-0.2, 0) is 0 Å². The van der Waals surface area contributed by atoms with Crippen molar-refractivity contribution in [3.63, 3.8) is 0 Å². The minimum absolute atomic E-state index is 0.0538. The Morgan fingerprint density at radius 3 is 2.71 bits per heavy atom. The molecule has 1 aliphatic heterocycles. The second kappa shape index (κ2) is 6.69. The Balaban J connectivity index is 1.61. The van der Waals surface area contributed by atoms with E-state index in [2.05, 4.69) is 33.2 Å². The summed E-state index contributed by atoms with van der Waals surface area (Å²) < 4.78 is 7.66. The predicted molar refractivity (Wildman–Crippen MR) is 105 cm³/mol. The molecule has 1 aromatic carbocycles. The zero-order valence-corrected chi connectivity index (χ0v) is 16.2. The molecule has 2 aromatic heterocycles. The molecule has 2 fully saturated rings. The third-order valence-corrected chi connectivity index (χ3v) is 6.31. The van der Waals surface area contributed by atoms with Crippen LogP contribution in [0.4, 0.5) is 0 Å². The lowest BCUT2D eigenvalue weighted by molar-refractivity contribution is 0.111. The van der Waals surface area contributed by atoms with Gasteiger partial charge in [-0.15, -0.1) is 0 Å². The number of hydrogen-bond acceptors (Lipinski definition) is 6. The standard InChI is InChI=1S/C21H26N4O3/c1-11-20(12(2)28-24-11)14-3-5-18-17(9-14)23-21(16-4-6-19(27)22-16)25(18)15-7-13(8-15)10-26/h3,5,9,13,15-16,19,22,26-27H,4,6-8,10H2,1-2H3/t13?,15?,16-,19?/m0/s1. The van der Waals surface area contributed by atoms with Gasteiger partial charge in [0, 0.05) is 18.2 Å². The lowest BCUT2D eigenvalue weighted by atomic mass is 9.80. The van der Waals surface area contributed by atoms with Gasteiger partial charge in [-0.1, -0.05) is 11.2 Å². The summed E-state index contributed by atoms with van der Waals surface area (Å²) in [5.41, 5.74) is 5.01. The summed E-state index contributed by atoms with van der Waals surface area (Å²) in [6, 6.07) is 6.75. The van der Waals surface area contributed by atoms with E-state index in [1.165, 1.54) is 0 Å². The molecule has 148 valence electrons. The van der Waals surface area contributed by atoms with Gasteiger partial charge in [0.05, 0.1) is 22.8 Å². The SMILES string of the molecule is Cc1noc(C)c1-c1ccc2c(c1)nc([C@@H]1CCC(O)N1)n2C1CC(CO)C1. The van der Waals surface area contributed by atoms with Crippen molar-refractivity contribution in [2.24, 2.45) is 5.92 Å². The van der Waals surface area contributed by atoms with Gasteiger partial charge in [-0.05, 0) is 63.1 Å². The van der Waals surface area contributed by atoms with Gasteiger partial charge in [-0.2, -0.15) is 0 Å². The molecule has 1 saturated carbocycles. The van der Waals surface area contributed by atoms with Gasteiger partial charge in [0.25, 0.3) is 0 Å². The monoisotopic (exact) mass is 382 g/mol. The normalized spacial score (nSPS) is 27.4. The van der Waals surface area contributed by atoms with Crippen molar-refractivity contribution in [1.82, 2.24) is 20.0 Å². The van der Waals surface area contributed by atoms with Gasteiger partial charge in [0.1, 0.15) is 17.8 Å². The van der Waals surface area contributed by atoms with Gasteiger partial charge in [0.2, 0.25) is 0 Å². The Labute approximate surface area is 163 Å². The molecule has 1 aliphatic carbocycles. The van der Waals surface area contributed by atoms with Crippen molar-refractivity contribution in [2.75, 3.05) is 6.61 Å². The summed E-state index contributed by atoms with van der Waals surface area (Å²) in [5, 5.41) is 26.7. The maximum absolute atomic E-state index is 9.95. The van der Waals surface area contributed by atoms with Crippen LogP contribution in [0.3, 0.4) is 0 Å². The maximum atomic E-state index is 9.95. The Morgan fingerprint density at radius 1 is 1.25 bits per heavy atom. The van der Waals surface area contributed by atoms with Crippen molar-refractivity contribution in [3.05, 3.63) is 35.5 Å². The molecule has 5 rings (SSSR count). The lowest BCUT2D eigenvalue weighted by Crippen LogP contribution is -2.32. The van der Waals surface area contributed by atoms with Crippen LogP contribution in [0.2, 0.25) is 0 Å². The molecule has 28 heavy (non-hydrogen) atoms. The van der Waals surface area contributed by atoms with Crippen LogP contribution < -0.4 is 5.32 Å². The van der Waals surface area contributed by atoms with Crippen LogP contribution in [0.25, 0.3) is 22.2 Å². The number of aliphatic hydroxyl groups excluding tert-OH is 2. The second-order valence-corrected chi connectivity index (χ2v) is 8.23. The molecule has 7 heteroatoms. The van der Waals surface area contributed by atoms with Gasteiger partial charge in [0.15, 0.2) is 0 Å². The molecule has 1 unspecified atom stereocenters. The summed E-state index contributed by atoms with van der Waals surface area (Å²) in [6.07, 6.45) is 3.08. The first-order valence-electron chi connectivity index (χ1n) is 10.0. The Morgan fingerprint density at radius 2 is 2.07 bits per heavy atom. The van der Waals surface area contributed by atoms with Crippen LogP contribution in [-0.4, -0.2) is 37.8 Å². The summed E-state index contributed by atoms with van der Waals surface area (Å²) >= 11 is 0. The van der Waals surface area contributed by atoms with E-state index in [1.54, 1.807) is 0 Å². The van der Waals surface area contributed by atoms with Crippen LogP contribution in [0, 0.1) is 19.8 Å². The number of imidazole rings is 1. The molecule has 2 aliphatic rings. The van der Waals surface area contributed by atoms with E-state index >= 15 is 0 Å². The number of aliphatic hydroxyl groups is 2. The van der Waals surface area contributed by atoms with E-state index < -0.39 is 6.23 Å². The van der Waals surface area contributed by atoms with Crippen LogP contribution in [0.1, 0.15) is 55.0 Å². The number of nitrogens with zero attached hydrogens (tertiary/aromatic N) is 3. The number of hydrogen-bond donors (Lipinski definition) is 3. The summed E-state index contributed by atoms with van der Waals surface area (Å²) in [6.45, 7) is 4.12. The number of fused-ring (bicyclic) bond motifs is 1. The minimum Gasteiger partial charge on any atom is -0.396 e. The van der Waals surface area contributed by atoms with Crippen molar-refractivity contribution in [2.45, 2.75) is 57.8 Å². The summed E-state index contributed by atoms with van der Waals surface area (Å²) in [5.74, 6) is 2.17. The van der Waals surface area contributed by atoms with E-state index in [0.717, 1.165) is 65.1 Å². The first-order chi connectivity index (χ1) is 13.5. The molecular formula is C21H26N4O3. The van der Waals surface area contributed by atoms with E-state index in [-0.39, 0.29) is 12.6 Å². The Hall–Kier alpha value is -2.22. The van der Waals surface area contributed by atoms with Gasteiger partial charge >= 0.3 is 0 Å². The molecule has 3 aromatic rings. The van der Waals surface area contributed by atoms with E-state index in [9.17, 15) is 10.2 Å². The fourth-order valence-corrected chi connectivity index (χ4v) is 4.79. The Kier molecular flexibility index (Phi) is 4.26. The minimum atomic E-state index is -0.470. The fourth-order valence-electron chi connectivity index (χ4n) is 4.79. The zero-order chi connectivity index (χ0) is 19.4. The number of aromatic nitrogens is 3. The van der Waals surface area contributed by atoms with Crippen molar-refractivity contribution < 1.29 is 14.7 Å². The predicted octanol–water partition coefficient (Wildman–Crippen LogP) is 2.99. The molecule has 1 saturated heterocycles. The van der Waals surface area contributed by atoms with E-state index in [0.29, 0.717) is 12.0 Å². The number of rotatable bonds is 4. The molecule has 2 atom stereocenters. The molecule has 3 N–H and O–H groups in total. The first kappa shape index (κ1) is 17.8. The van der Waals surface area contributed by atoms with Crippen LogP contribution in [0.15, 0.2) is 22.7 Å². The highest BCUT2D eigenvalue weighted by Gasteiger charge is 2.36. The number of aryl methyl sites for hydroxylation is 2. The van der Waals surface area contributed by atoms with E-state index in [1.807, 2.05) is 13.8 Å². The molecule has 0 radical (unpaired) electrons. The van der Waals surface area contributed by atoms with Gasteiger partial charge < -0.3 is 19.3 Å². The molecular weight excluding hydrogens is 356 g/mol. The quantitative estimate of drug-likeness (QED) is 0.642.